The van der Waals surface area contributed by atoms with Crippen LogP contribution in [-0.4, -0.2) is 103 Å². The molecule has 1 aliphatic heterocycles. The largest absolute Gasteiger partial charge is 0.397 e. The van der Waals surface area contributed by atoms with E-state index in [4.69, 9.17) is 14.0 Å². The Kier molecular flexibility index (Phi) is 30.1. The van der Waals surface area contributed by atoms with Crippen molar-refractivity contribution in [3.63, 3.8) is 0 Å². The zero-order valence-corrected chi connectivity index (χ0v) is 34.2. The Morgan fingerprint density at radius 3 is 1.70 bits per heavy atom. The number of aliphatic hydroxyl groups is 3. The fourth-order valence-electron chi connectivity index (χ4n) is 6.18. The van der Waals surface area contributed by atoms with Crippen LogP contribution in [0.15, 0.2) is 12.2 Å². The molecule has 1 amide bonds. The number of hydrogen-bond donors (Lipinski definition) is 7. The van der Waals surface area contributed by atoms with E-state index in [2.05, 4.69) is 27.5 Å². The van der Waals surface area contributed by atoms with Crippen LogP contribution in [0.5, 0.6) is 0 Å². The Hall–Kier alpha value is -1.29. The first kappa shape index (κ1) is 52.7. The summed E-state index contributed by atoms with van der Waals surface area (Å²) in [6, 6.07) is -1.05. The van der Waals surface area contributed by atoms with Gasteiger partial charge in [-0.25, -0.2) is 8.37 Å². The quantitative estimate of drug-likeness (QED) is 0.0240. The molecule has 0 radical (unpaired) electrons. The average molecular weight is 821 g/mol. The van der Waals surface area contributed by atoms with Crippen molar-refractivity contribution in [1.82, 2.24) is 11.5 Å². The molecule has 1 rings (SSSR count). The third-order valence-electron chi connectivity index (χ3n) is 9.27. The highest BCUT2D eigenvalue weighted by Gasteiger charge is 2.48. The molecular formula is C36H72N2O14S2. The molecule has 322 valence electrons. The van der Waals surface area contributed by atoms with Crippen LogP contribution in [0.1, 0.15) is 155 Å². The molecule has 1 heterocycles. The van der Waals surface area contributed by atoms with Crippen molar-refractivity contribution in [3.05, 3.63) is 12.2 Å². The number of amides is 1. The highest BCUT2D eigenvalue weighted by Crippen LogP contribution is 2.26. The number of unbranched alkanes of at least 4 members (excludes halogenated alkanes) is 19. The molecule has 1 aliphatic rings. The maximum Gasteiger partial charge on any atom is 0.397 e. The number of nitrogens with one attached hydrogen (secondary N) is 1. The average Bonchev–Trinajstić information content (AvgIpc) is 3.09. The molecule has 16 nitrogen and oxygen atoms in total. The van der Waals surface area contributed by atoms with Crippen LogP contribution in [0.25, 0.3) is 0 Å². The van der Waals surface area contributed by atoms with E-state index in [0.717, 1.165) is 44.9 Å². The molecule has 7 atom stereocenters. The van der Waals surface area contributed by atoms with Crippen molar-refractivity contribution in [2.24, 2.45) is 0 Å². The maximum atomic E-state index is 12.9. The van der Waals surface area contributed by atoms with Gasteiger partial charge in [0.2, 0.25) is 5.91 Å². The van der Waals surface area contributed by atoms with Crippen LogP contribution < -0.4 is 11.5 Å². The molecule has 0 bridgehead atoms. The second-order valence-corrected chi connectivity index (χ2v) is 16.2. The van der Waals surface area contributed by atoms with Gasteiger partial charge in [0.25, 0.3) is 0 Å². The first-order valence-electron chi connectivity index (χ1n) is 19.7. The van der Waals surface area contributed by atoms with E-state index in [1.807, 2.05) is 6.08 Å². The van der Waals surface area contributed by atoms with E-state index in [-0.39, 0.29) is 18.5 Å². The zero-order valence-electron chi connectivity index (χ0n) is 32.6. The van der Waals surface area contributed by atoms with E-state index < -0.39 is 76.9 Å². The molecule has 1 saturated heterocycles. The fourth-order valence-corrected chi connectivity index (χ4v) is 6.99. The lowest BCUT2D eigenvalue weighted by Crippen LogP contribution is -2.61. The van der Waals surface area contributed by atoms with Crippen LogP contribution in [0.2, 0.25) is 0 Å². The summed E-state index contributed by atoms with van der Waals surface area (Å²) in [6.45, 7) is 2.87. The second-order valence-electron chi connectivity index (χ2n) is 14.1. The van der Waals surface area contributed by atoms with Gasteiger partial charge in [-0.3, -0.25) is 13.9 Å². The second kappa shape index (κ2) is 30.8. The molecule has 54 heavy (non-hydrogen) atoms. The first-order valence-corrected chi connectivity index (χ1v) is 22.5. The van der Waals surface area contributed by atoms with E-state index in [0.29, 0.717) is 12.8 Å². The van der Waals surface area contributed by atoms with Crippen molar-refractivity contribution < 1.29 is 63.9 Å². The Morgan fingerprint density at radius 2 is 1.22 bits per heavy atom. The zero-order chi connectivity index (χ0) is 39.5. The van der Waals surface area contributed by atoms with Gasteiger partial charge >= 0.3 is 20.8 Å². The standard InChI is InChI=1S/C36H69NO14S2.H3N/c1-3-5-7-9-11-13-14-15-16-18-19-21-23-25-30(38)29(37-32(39)26-24-22-20-17-12-10-8-6-4-2)27-48-36-34(41)35(51-53(45,46)47)33(40)31(50-36)28-49-52(42,43)44;/h23,25,29-31,33-36,38,40-41H,3-22,24,26-28H2,1-2H3,(H,37,39)(H,42,43,44)(H,45,46,47);1H3/b25-23+;/t29-,30+,31+,33-,34+,35-,36+;/m0./s1. The molecule has 0 aromatic carbocycles. The lowest BCUT2D eigenvalue weighted by atomic mass is 9.99. The van der Waals surface area contributed by atoms with E-state index in [9.17, 15) is 41.5 Å². The van der Waals surface area contributed by atoms with Crippen molar-refractivity contribution in [2.75, 3.05) is 13.2 Å². The van der Waals surface area contributed by atoms with E-state index in [1.165, 1.54) is 83.1 Å². The van der Waals surface area contributed by atoms with E-state index >= 15 is 0 Å². The first-order chi connectivity index (χ1) is 25.2. The summed E-state index contributed by atoms with van der Waals surface area (Å²) in [5.41, 5.74) is 0. The van der Waals surface area contributed by atoms with Crippen LogP contribution in [0, 0.1) is 0 Å². The Morgan fingerprint density at radius 1 is 0.741 bits per heavy atom. The monoisotopic (exact) mass is 820 g/mol. The Labute approximate surface area is 324 Å². The summed E-state index contributed by atoms with van der Waals surface area (Å²) in [4.78, 5) is 12.9. The lowest BCUT2D eigenvalue weighted by Gasteiger charge is -2.41. The van der Waals surface area contributed by atoms with Gasteiger partial charge in [-0.15, -0.1) is 0 Å². The molecule has 0 unspecified atom stereocenters. The van der Waals surface area contributed by atoms with Gasteiger partial charge in [0.05, 0.1) is 25.4 Å². The molecule has 0 aliphatic carbocycles. The SMILES string of the molecule is CCCCCCCCCCCCC/C=C/[C@@H](O)[C@H](CO[C@@H]1O[C@H](COS(=O)(=O)O)[C@H](O)[C@H](OS(=O)(=O)O)[C@H]1O)NC(=O)CCCCCCCCCCC.N. The molecule has 9 N–H and O–H groups in total. The molecule has 0 aromatic heterocycles. The molecule has 0 saturated carbocycles. The highest BCUT2D eigenvalue weighted by molar-refractivity contribution is 7.81. The van der Waals surface area contributed by atoms with E-state index in [1.54, 1.807) is 0 Å². The van der Waals surface area contributed by atoms with Gasteiger partial charge in [-0.2, -0.15) is 16.8 Å². The summed E-state index contributed by atoms with van der Waals surface area (Å²) in [5.74, 6) is -0.341. The predicted molar refractivity (Wildman–Crippen MR) is 206 cm³/mol. The van der Waals surface area contributed by atoms with Crippen molar-refractivity contribution >= 4 is 26.7 Å². The minimum absolute atomic E-state index is 0. The predicted octanol–water partition coefficient (Wildman–Crippen LogP) is 5.64. The van der Waals surface area contributed by atoms with Crippen LogP contribution in [0.4, 0.5) is 0 Å². The number of carbonyl (C=O) groups excluding carboxylic acids is 1. The van der Waals surface area contributed by atoms with Crippen molar-refractivity contribution in [3.8, 4) is 0 Å². The minimum Gasteiger partial charge on any atom is -0.387 e. The number of hydrogen-bond acceptors (Lipinski definition) is 13. The molecule has 0 aromatic rings. The number of aliphatic hydroxyl groups excluding tert-OH is 3. The molecule has 0 spiro atoms. The smallest absolute Gasteiger partial charge is 0.387 e. The van der Waals surface area contributed by atoms with Gasteiger partial charge < -0.3 is 36.3 Å². The normalized spacial score (nSPS) is 21.9. The summed E-state index contributed by atoms with van der Waals surface area (Å²) in [7, 11) is -10.2. The van der Waals surface area contributed by atoms with Gasteiger partial charge in [-0.1, -0.05) is 142 Å². The molecule has 1 fully saturated rings. The van der Waals surface area contributed by atoms with Crippen molar-refractivity contribution in [2.45, 2.75) is 198 Å². The third kappa shape index (κ3) is 26.5. The number of ether oxygens (including phenoxy) is 2. The third-order valence-corrected chi connectivity index (χ3v) is 10.2. The Balaban J connectivity index is 0.0000281. The highest BCUT2D eigenvalue weighted by atomic mass is 32.3. The van der Waals surface area contributed by atoms with Gasteiger partial charge in [0, 0.05) is 6.42 Å². The van der Waals surface area contributed by atoms with Gasteiger partial charge in [0.15, 0.2) is 6.29 Å². The molecule has 18 heteroatoms. The lowest BCUT2D eigenvalue weighted by molar-refractivity contribution is -0.297. The number of rotatable bonds is 33. The number of allylic oxidation sites excluding steroid dienone is 1. The number of carbonyl (C=O) groups is 1. The summed E-state index contributed by atoms with van der Waals surface area (Å²) < 4.78 is 83.0. The van der Waals surface area contributed by atoms with Crippen LogP contribution in [0.3, 0.4) is 0 Å². The fraction of sp³-hybridized carbons (Fsp3) is 0.917. The Bertz CT molecular complexity index is 1190. The van der Waals surface area contributed by atoms with Crippen LogP contribution in [-0.2, 0) is 43.4 Å². The minimum atomic E-state index is -5.23. The van der Waals surface area contributed by atoms with Gasteiger partial charge in [-0.05, 0) is 19.3 Å². The van der Waals surface area contributed by atoms with Gasteiger partial charge in [0.1, 0.15) is 24.4 Å². The maximum absolute atomic E-state index is 12.9. The summed E-state index contributed by atoms with van der Waals surface area (Å²) >= 11 is 0. The summed E-state index contributed by atoms with van der Waals surface area (Å²) in [6.07, 6.45) is 16.2. The molecular weight excluding hydrogens is 749 g/mol. The van der Waals surface area contributed by atoms with Crippen molar-refractivity contribution in [1.29, 1.82) is 0 Å². The van der Waals surface area contributed by atoms with Crippen LogP contribution >= 0.6 is 0 Å². The topological polar surface area (TPSA) is 270 Å². The summed E-state index contributed by atoms with van der Waals surface area (Å²) in [5, 5.41) is 35.0.